The van der Waals surface area contributed by atoms with E-state index in [2.05, 4.69) is 0 Å². The van der Waals surface area contributed by atoms with Crippen molar-refractivity contribution < 1.29 is 27.8 Å². The van der Waals surface area contributed by atoms with Crippen LogP contribution in [0.3, 0.4) is 0 Å². The second kappa shape index (κ2) is 11.1. The van der Waals surface area contributed by atoms with E-state index in [1.807, 2.05) is 0 Å². The van der Waals surface area contributed by atoms with Crippen LogP contribution >= 0.6 is 34.5 Å². The summed E-state index contributed by atoms with van der Waals surface area (Å²) in [6.07, 6.45) is 1.17. The lowest BCUT2D eigenvalue weighted by atomic mass is 9.88. The van der Waals surface area contributed by atoms with Crippen molar-refractivity contribution in [2.24, 2.45) is 5.73 Å². The summed E-state index contributed by atoms with van der Waals surface area (Å²) in [5.74, 6) is -4.83. The fraction of sp³-hybridized carbons (Fsp3) is 0.192. The molecule has 0 aliphatic carbocycles. The largest absolute Gasteiger partial charge is 0.463 e. The summed E-state index contributed by atoms with van der Waals surface area (Å²) in [5, 5.41) is -0.137. The van der Waals surface area contributed by atoms with Gasteiger partial charge in [-0.1, -0.05) is 35.3 Å². The van der Waals surface area contributed by atoms with Crippen LogP contribution in [0.4, 0.5) is 8.78 Å². The van der Waals surface area contributed by atoms with Crippen molar-refractivity contribution in [3.8, 4) is 0 Å². The van der Waals surface area contributed by atoms with Gasteiger partial charge in [0.05, 0.1) is 39.8 Å². The van der Waals surface area contributed by atoms with Crippen molar-refractivity contribution in [1.82, 2.24) is 4.57 Å². The Morgan fingerprint density at radius 3 is 2.34 bits per heavy atom. The number of thiazole rings is 1. The van der Waals surface area contributed by atoms with E-state index in [-0.39, 0.29) is 60.5 Å². The standard InChI is InChI=1S/C26H20Cl2F2N2O5S/c1-3-36-25(34)12-7-5-9-15(29)13(12)11-17-23(33)32-22(31)20(26(35)37-4-2)19(21(28)24(32)38-17)18-14(27)8-6-10-16(18)30/h5-11,19H,3-4,31H2,1-2H3/b17-11-. The maximum Gasteiger partial charge on any atom is 0.338 e. The molecule has 0 saturated carbocycles. The smallest absolute Gasteiger partial charge is 0.338 e. The molecular formula is C26H20Cl2F2N2O5S. The lowest BCUT2D eigenvalue weighted by Gasteiger charge is -2.26. The second-order valence-electron chi connectivity index (χ2n) is 7.91. The minimum absolute atomic E-state index is 0.0210. The highest BCUT2D eigenvalue weighted by Gasteiger charge is 2.38. The van der Waals surface area contributed by atoms with E-state index in [1.165, 1.54) is 30.3 Å². The van der Waals surface area contributed by atoms with Crippen LogP contribution in [0.25, 0.3) is 16.9 Å². The molecule has 0 amide bonds. The molecule has 1 aliphatic heterocycles. The molecule has 0 saturated heterocycles. The van der Waals surface area contributed by atoms with E-state index in [9.17, 15) is 18.8 Å². The molecule has 38 heavy (non-hydrogen) atoms. The van der Waals surface area contributed by atoms with Crippen molar-refractivity contribution in [3.05, 3.63) is 94.9 Å². The summed E-state index contributed by atoms with van der Waals surface area (Å²) in [4.78, 5) is 38.8. The Morgan fingerprint density at radius 2 is 1.68 bits per heavy atom. The zero-order valence-corrected chi connectivity index (χ0v) is 22.3. The normalized spacial score (nSPS) is 15.5. The van der Waals surface area contributed by atoms with Crippen LogP contribution in [0.2, 0.25) is 5.02 Å². The molecule has 4 rings (SSSR count). The monoisotopic (exact) mass is 580 g/mol. The number of esters is 2. The molecule has 0 bridgehead atoms. The van der Waals surface area contributed by atoms with Gasteiger partial charge in [-0.25, -0.2) is 18.4 Å². The van der Waals surface area contributed by atoms with Gasteiger partial charge in [0.1, 0.15) is 22.1 Å². The van der Waals surface area contributed by atoms with Crippen molar-refractivity contribution in [1.29, 1.82) is 0 Å². The summed E-state index contributed by atoms with van der Waals surface area (Å²) in [7, 11) is 0. The van der Waals surface area contributed by atoms with Crippen LogP contribution in [-0.4, -0.2) is 29.7 Å². The topological polar surface area (TPSA) is 101 Å². The third kappa shape index (κ3) is 4.75. The summed E-state index contributed by atoms with van der Waals surface area (Å²) >= 11 is 13.8. The number of nitrogens with two attached hydrogens (primary N) is 1. The third-order valence-corrected chi connectivity index (χ3v) is 7.64. The molecule has 7 nitrogen and oxygen atoms in total. The second-order valence-corrected chi connectivity index (χ2v) is 9.76. The van der Waals surface area contributed by atoms with Gasteiger partial charge in [-0.15, -0.1) is 11.3 Å². The summed E-state index contributed by atoms with van der Waals surface area (Å²) in [6, 6.07) is 7.79. The molecule has 3 aromatic rings. The number of benzene rings is 2. The first-order valence-electron chi connectivity index (χ1n) is 11.3. The Balaban J connectivity index is 2.06. The van der Waals surface area contributed by atoms with Crippen LogP contribution in [0.15, 0.2) is 46.8 Å². The molecule has 0 radical (unpaired) electrons. The van der Waals surface area contributed by atoms with Crippen LogP contribution in [0.5, 0.6) is 0 Å². The molecule has 1 aromatic heterocycles. The quantitative estimate of drug-likeness (QED) is 0.446. The van der Waals surface area contributed by atoms with Gasteiger partial charge >= 0.3 is 11.9 Å². The van der Waals surface area contributed by atoms with E-state index in [0.717, 1.165) is 28.0 Å². The molecule has 2 N–H and O–H groups in total. The first-order valence-corrected chi connectivity index (χ1v) is 12.9. The first kappa shape index (κ1) is 27.6. The fourth-order valence-corrected chi connectivity index (χ4v) is 5.81. The number of aromatic nitrogens is 1. The molecule has 2 aromatic carbocycles. The predicted molar refractivity (Wildman–Crippen MR) is 141 cm³/mol. The Hall–Kier alpha value is -3.47. The summed E-state index contributed by atoms with van der Waals surface area (Å²) in [6.45, 7) is 3.21. The molecular weight excluding hydrogens is 561 g/mol. The lowest BCUT2D eigenvalue weighted by Crippen LogP contribution is -2.39. The predicted octanol–water partition coefficient (Wildman–Crippen LogP) is 3.68. The number of rotatable bonds is 6. The fourth-order valence-electron chi connectivity index (χ4n) is 4.07. The number of carbonyl (C=O) groups is 2. The van der Waals surface area contributed by atoms with Gasteiger partial charge in [0.15, 0.2) is 0 Å². The van der Waals surface area contributed by atoms with Crippen molar-refractivity contribution >= 4 is 63.4 Å². The van der Waals surface area contributed by atoms with E-state index in [0.29, 0.717) is 0 Å². The zero-order valence-electron chi connectivity index (χ0n) is 20.0. The highest BCUT2D eigenvalue weighted by molar-refractivity contribution is 7.08. The van der Waals surface area contributed by atoms with E-state index < -0.39 is 35.1 Å². The number of fused-ring (bicyclic) bond motifs is 1. The molecule has 1 atom stereocenters. The highest BCUT2D eigenvalue weighted by atomic mass is 35.5. The Kier molecular flexibility index (Phi) is 8.05. The zero-order chi connectivity index (χ0) is 27.7. The lowest BCUT2D eigenvalue weighted by molar-refractivity contribution is -0.138. The number of ether oxygens (including phenoxy) is 2. The maximum atomic E-state index is 15.0. The Labute approximate surface area is 229 Å². The van der Waals surface area contributed by atoms with Crippen LogP contribution < -0.4 is 20.5 Å². The van der Waals surface area contributed by atoms with Gasteiger partial charge in [-0.05, 0) is 44.2 Å². The molecule has 12 heteroatoms. The van der Waals surface area contributed by atoms with Gasteiger partial charge in [-0.3, -0.25) is 9.36 Å². The number of hydrogen-bond donors (Lipinski definition) is 1. The summed E-state index contributed by atoms with van der Waals surface area (Å²) in [5.41, 5.74) is 4.90. The van der Waals surface area contributed by atoms with Gasteiger partial charge in [0.2, 0.25) is 0 Å². The van der Waals surface area contributed by atoms with Crippen molar-refractivity contribution in [3.63, 3.8) is 0 Å². The Morgan fingerprint density at radius 1 is 1.05 bits per heavy atom. The minimum Gasteiger partial charge on any atom is -0.463 e. The van der Waals surface area contributed by atoms with Crippen LogP contribution in [0.1, 0.15) is 41.3 Å². The Bertz CT molecular complexity index is 1660. The van der Waals surface area contributed by atoms with Gasteiger partial charge in [0.25, 0.3) is 5.56 Å². The first-order chi connectivity index (χ1) is 18.1. The highest BCUT2D eigenvalue weighted by Crippen LogP contribution is 2.42. The third-order valence-electron chi connectivity index (χ3n) is 5.69. The molecule has 0 fully saturated rings. The maximum absolute atomic E-state index is 15.0. The van der Waals surface area contributed by atoms with E-state index >= 15 is 4.39 Å². The van der Waals surface area contributed by atoms with E-state index in [1.54, 1.807) is 13.8 Å². The number of nitrogens with zero attached hydrogens (tertiary/aromatic N) is 1. The molecule has 1 unspecified atom stereocenters. The number of halogens is 4. The number of hydrogen-bond acceptors (Lipinski definition) is 7. The SMILES string of the molecule is CCOC(=O)C1=C(N)n2c(s/c(=C\c3c(F)cccc3C(=O)OCC)c2=O)=C(Cl)C1c1c(F)cccc1Cl. The van der Waals surface area contributed by atoms with Crippen LogP contribution in [-0.2, 0) is 14.3 Å². The molecule has 2 heterocycles. The van der Waals surface area contributed by atoms with Crippen LogP contribution in [0, 0.1) is 11.6 Å². The molecule has 1 aliphatic rings. The summed E-state index contributed by atoms with van der Waals surface area (Å²) < 4.78 is 40.9. The van der Waals surface area contributed by atoms with Gasteiger partial charge in [0, 0.05) is 16.1 Å². The van der Waals surface area contributed by atoms with Crippen molar-refractivity contribution in [2.75, 3.05) is 13.2 Å². The van der Waals surface area contributed by atoms with Crippen molar-refractivity contribution in [2.45, 2.75) is 19.8 Å². The van der Waals surface area contributed by atoms with E-state index in [4.69, 9.17) is 38.4 Å². The molecule has 0 spiro atoms. The number of carbonyl (C=O) groups excluding carboxylic acids is 2. The average molecular weight is 581 g/mol. The van der Waals surface area contributed by atoms with Gasteiger partial charge < -0.3 is 15.2 Å². The van der Waals surface area contributed by atoms with Gasteiger partial charge in [-0.2, -0.15) is 0 Å². The molecule has 198 valence electrons. The minimum atomic E-state index is -1.28. The average Bonchev–Trinajstić information content (AvgIpc) is 3.20.